The van der Waals surface area contributed by atoms with Crippen LogP contribution in [0.15, 0.2) is 23.1 Å². The van der Waals surface area contributed by atoms with Gasteiger partial charge in [0, 0.05) is 12.2 Å². The van der Waals surface area contributed by atoms with Crippen molar-refractivity contribution in [2.75, 3.05) is 31.2 Å². The molecule has 1 aliphatic rings. The van der Waals surface area contributed by atoms with E-state index in [0.29, 0.717) is 4.90 Å². The molecule has 1 aromatic carbocycles. The average molecular weight is 268 g/mol. The topological polar surface area (TPSA) is 58.2 Å². The molecule has 0 aliphatic carbocycles. The summed E-state index contributed by atoms with van der Waals surface area (Å²) in [7, 11) is -1.09. The summed E-state index contributed by atoms with van der Waals surface area (Å²) in [6.45, 7) is 1.87. The second-order valence-electron chi connectivity index (χ2n) is 4.63. The molecular formula is C13H20N2O2S. The maximum Gasteiger partial charge on any atom is 0.178 e. The molecular weight excluding hydrogens is 248 g/mol. The number of hydrogen-bond donors (Lipinski definition) is 2. The lowest BCUT2D eigenvalue weighted by Gasteiger charge is -2.17. The highest BCUT2D eigenvalue weighted by molar-refractivity contribution is 7.91. The number of rotatable bonds is 5. The smallest absolute Gasteiger partial charge is 0.178 e. The monoisotopic (exact) mass is 268 g/mol. The highest BCUT2D eigenvalue weighted by Gasteiger charge is 2.23. The van der Waals surface area contributed by atoms with E-state index in [4.69, 9.17) is 0 Å². The number of nitrogens with one attached hydrogen (secondary N) is 2. The Balaban J connectivity index is 2.08. The molecule has 1 aromatic rings. The lowest BCUT2D eigenvalue weighted by molar-refractivity contribution is 0.586. The summed E-state index contributed by atoms with van der Waals surface area (Å²) in [5, 5.41) is 6.42. The second kappa shape index (κ2) is 5.71. The number of anilines is 1. The third-order valence-electron chi connectivity index (χ3n) is 3.19. The highest BCUT2D eigenvalue weighted by Crippen LogP contribution is 2.27. The van der Waals surface area contributed by atoms with Crippen LogP contribution in [0.1, 0.15) is 18.4 Å². The van der Waals surface area contributed by atoms with Gasteiger partial charge in [-0.05, 0) is 56.6 Å². The molecule has 0 radical (unpaired) electrons. The fraction of sp³-hybridized carbons (Fsp3) is 0.538. The molecule has 0 saturated heterocycles. The van der Waals surface area contributed by atoms with E-state index in [1.54, 1.807) is 6.07 Å². The van der Waals surface area contributed by atoms with Gasteiger partial charge in [0.05, 0.1) is 10.6 Å². The van der Waals surface area contributed by atoms with Gasteiger partial charge in [0.1, 0.15) is 0 Å². The Hall–Kier alpha value is -1.07. The van der Waals surface area contributed by atoms with E-state index in [1.807, 2.05) is 19.2 Å². The first-order chi connectivity index (χ1) is 8.63. The third kappa shape index (κ3) is 3.03. The van der Waals surface area contributed by atoms with E-state index in [1.165, 1.54) is 0 Å². The van der Waals surface area contributed by atoms with Crippen LogP contribution in [-0.2, 0) is 16.3 Å². The Morgan fingerprint density at radius 3 is 2.89 bits per heavy atom. The van der Waals surface area contributed by atoms with Gasteiger partial charge in [-0.1, -0.05) is 0 Å². The SMILES string of the molecule is CNCCCNc1ccc2c(c1)CCCS2(=O)=O. The van der Waals surface area contributed by atoms with E-state index in [-0.39, 0.29) is 5.75 Å². The maximum absolute atomic E-state index is 11.9. The average Bonchev–Trinajstić information content (AvgIpc) is 2.34. The van der Waals surface area contributed by atoms with Crippen molar-refractivity contribution in [2.24, 2.45) is 0 Å². The van der Waals surface area contributed by atoms with Gasteiger partial charge < -0.3 is 10.6 Å². The van der Waals surface area contributed by atoms with Crippen molar-refractivity contribution < 1.29 is 8.42 Å². The normalized spacial score (nSPS) is 17.2. The summed E-state index contributed by atoms with van der Waals surface area (Å²) in [6.07, 6.45) is 2.64. The van der Waals surface area contributed by atoms with Crippen molar-refractivity contribution >= 4 is 15.5 Å². The van der Waals surface area contributed by atoms with Crippen molar-refractivity contribution in [3.05, 3.63) is 23.8 Å². The number of hydrogen-bond acceptors (Lipinski definition) is 4. The molecule has 0 unspecified atom stereocenters. The number of sulfone groups is 1. The standard InChI is InChI=1S/C13H20N2O2S/c1-14-7-3-8-15-12-5-6-13-11(10-12)4-2-9-18(13,16)17/h5-6,10,14-15H,2-4,7-9H2,1H3. The van der Waals surface area contributed by atoms with E-state index in [2.05, 4.69) is 10.6 Å². The minimum Gasteiger partial charge on any atom is -0.385 e. The molecule has 1 aliphatic heterocycles. The first-order valence-corrected chi connectivity index (χ1v) is 8.03. The van der Waals surface area contributed by atoms with Crippen LogP contribution < -0.4 is 10.6 Å². The molecule has 18 heavy (non-hydrogen) atoms. The minimum atomic E-state index is -3.03. The first kappa shape index (κ1) is 13.4. The van der Waals surface area contributed by atoms with Crippen LogP contribution in [0.25, 0.3) is 0 Å². The molecule has 0 bridgehead atoms. The van der Waals surface area contributed by atoms with Crippen molar-refractivity contribution in [3.8, 4) is 0 Å². The second-order valence-corrected chi connectivity index (χ2v) is 6.71. The molecule has 5 heteroatoms. The number of aryl methyl sites for hydroxylation is 1. The van der Waals surface area contributed by atoms with Crippen LogP contribution >= 0.6 is 0 Å². The van der Waals surface area contributed by atoms with E-state index in [0.717, 1.165) is 43.6 Å². The molecule has 100 valence electrons. The van der Waals surface area contributed by atoms with Crippen LogP contribution in [0.4, 0.5) is 5.69 Å². The van der Waals surface area contributed by atoms with E-state index in [9.17, 15) is 8.42 Å². The van der Waals surface area contributed by atoms with Crippen LogP contribution in [0.2, 0.25) is 0 Å². The summed E-state index contributed by atoms with van der Waals surface area (Å²) >= 11 is 0. The van der Waals surface area contributed by atoms with Gasteiger partial charge in [-0.2, -0.15) is 0 Å². The largest absolute Gasteiger partial charge is 0.385 e. The number of benzene rings is 1. The van der Waals surface area contributed by atoms with Crippen LogP contribution in [-0.4, -0.2) is 34.3 Å². The molecule has 1 heterocycles. The van der Waals surface area contributed by atoms with Crippen LogP contribution in [0, 0.1) is 0 Å². The number of fused-ring (bicyclic) bond motifs is 1. The summed E-state index contributed by atoms with van der Waals surface area (Å²) in [5.41, 5.74) is 1.97. The van der Waals surface area contributed by atoms with E-state index >= 15 is 0 Å². The Labute approximate surface area is 109 Å². The summed E-state index contributed by atoms with van der Waals surface area (Å²) in [6, 6.07) is 5.58. The van der Waals surface area contributed by atoms with Gasteiger partial charge in [0.2, 0.25) is 0 Å². The van der Waals surface area contributed by atoms with Gasteiger partial charge >= 0.3 is 0 Å². The highest BCUT2D eigenvalue weighted by atomic mass is 32.2. The molecule has 4 nitrogen and oxygen atoms in total. The quantitative estimate of drug-likeness (QED) is 0.793. The van der Waals surface area contributed by atoms with Gasteiger partial charge in [0.15, 0.2) is 9.84 Å². The summed E-state index contributed by atoms with van der Waals surface area (Å²) in [4.78, 5) is 0.523. The maximum atomic E-state index is 11.9. The minimum absolute atomic E-state index is 0.287. The first-order valence-electron chi connectivity index (χ1n) is 6.37. The zero-order chi connectivity index (χ0) is 13.0. The zero-order valence-corrected chi connectivity index (χ0v) is 11.5. The van der Waals surface area contributed by atoms with Gasteiger partial charge in [-0.15, -0.1) is 0 Å². The van der Waals surface area contributed by atoms with E-state index < -0.39 is 9.84 Å². The van der Waals surface area contributed by atoms with Crippen LogP contribution in [0.3, 0.4) is 0 Å². The third-order valence-corrected chi connectivity index (χ3v) is 5.08. The Morgan fingerprint density at radius 2 is 2.11 bits per heavy atom. The van der Waals surface area contributed by atoms with Crippen molar-refractivity contribution in [3.63, 3.8) is 0 Å². The fourth-order valence-electron chi connectivity index (χ4n) is 2.25. The molecule has 0 spiro atoms. The van der Waals surface area contributed by atoms with Crippen molar-refractivity contribution in [2.45, 2.75) is 24.2 Å². The van der Waals surface area contributed by atoms with Crippen molar-refractivity contribution in [1.82, 2.24) is 5.32 Å². The molecule has 0 atom stereocenters. The zero-order valence-electron chi connectivity index (χ0n) is 10.7. The fourth-order valence-corrected chi connectivity index (χ4v) is 3.83. The molecule has 0 fully saturated rings. The van der Waals surface area contributed by atoms with Gasteiger partial charge in [0.25, 0.3) is 0 Å². The lowest BCUT2D eigenvalue weighted by Crippen LogP contribution is -2.17. The molecule has 0 amide bonds. The molecule has 0 aromatic heterocycles. The lowest BCUT2D eigenvalue weighted by atomic mass is 10.1. The molecule has 2 N–H and O–H groups in total. The van der Waals surface area contributed by atoms with Gasteiger partial charge in [-0.25, -0.2) is 8.42 Å². The van der Waals surface area contributed by atoms with Crippen molar-refractivity contribution in [1.29, 1.82) is 0 Å². The summed E-state index contributed by atoms with van der Waals surface area (Å²) in [5.74, 6) is 0.287. The van der Waals surface area contributed by atoms with Gasteiger partial charge in [-0.3, -0.25) is 0 Å². The Kier molecular flexibility index (Phi) is 4.24. The van der Waals surface area contributed by atoms with Crippen LogP contribution in [0.5, 0.6) is 0 Å². The Bertz CT molecular complexity index is 512. The summed E-state index contributed by atoms with van der Waals surface area (Å²) < 4.78 is 23.7. The molecule has 2 rings (SSSR count). The predicted molar refractivity (Wildman–Crippen MR) is 73.8 cm³/mol. The Morgan fingerprint density at radius 1 is 1.28 bits per heavy atom. The predicted octanol–water partition coefficient (Wildman–Crippen LogP) is 1.43. The molecule has 0 saturated carbocycles.